The maximum Gasteiger partial charge on any atom is 0.121 e. The first-order valence-electron chi connectivity index (χ1n) is 4.27. The van der Waals surface area contributed by atoms with Crippen LogP contribution in [0.15, 0.2) is 24.5 Å². The van der Waals surface area contributed by atoms with Gasteiger partial charge in [-0.25, -0.2) is 4.98 Å². The first kappa shape index (κ1) is 8.64. The number of methoxy groups -OCH3 is 1. The predicted molar refractivity (Wildman–Crippen MR) is 55.1 cm³/mol. The number of ether oxygens (including phenoxy) is 1. The second-order valence-corrected chi connectivity index (χ2v) is 2.93. The molecule has 0 aliphatic carbocycles. The molecule has 1 heterocycles. The number of fused-ring (bicyclic) bond motifs is 1. The molecular formula is C11H10N2O. The summed E-state index contributed by atoms with van der Waals surface area (Å²) in [6.07, 6.45) is 6.99. The molecule has 1 aromatic heterocycles. The van der Waals surface area contributed by atoms with Gasteiger partial charge < -0.3 is 9.30 Å². The van der Waals surface area contributed by atoms with Crippen molar-refractivity contribution < 1.29 is 4.74 Å². The van der Waals surface area contributed by atoms with Crippen LogP contribution in [0.4, 0.5) is 0 Å². The Morgan fingerprint density at radius 2 is 2.43 bits per heavy atom. The van der Waals surface area contributed by atoms with Crippen molar-refractivity contribution in [2.75, 3.05) is 7.11 Å². The van der Waals surface area contributed by atoms with Gasteiger partial charge in [-0.2, -0.15) is 0 Å². The molecule has 0 amide bonds. The summed E-state index contributed by atoms with van der Waals surface area (Å²) >= 11 is 0. The van der Waals surface area contributed by atoms with E-state index in [2.05, 4.69) is 10.9 Å². The Labute approximate surface area is 82.3 Å². The topological polar surface area (TPSA) is 27.1 Å². The Morgan fingerprint density at radius 3 is 3.14 bits per heavy atom. The van der Waals surface area contributed by atoms with Gasteiger partial charge in [0, 0.05) is 6.07 Å². The lowest BCUT2D eigenvalue weighted by atomic mass is 10.3. The Balaban J connectivity index is 2.59. The molecule has 0 spiro atoms. The Bertz CT molecular complexity index is 493. The van der Waals surface area contributed by atoms with Crippen LogP contribution in [0.5, 0.6) is 5.75 Å². The molecule has 14 heavy (non-hydrogen) atoms. The molecule has 3 heteroatoms. The Morgan fingerprint density at radius 1 is 1.57 bits per heavy atom. The van der Waals surface area contributed by atoms with Crippen LogP contribution in [-0.4, -0.2) is 16.7 Å². The first-order valence-corrected chi connectivity index (χ1v) is 4.27. The molecule has 0 unspecified atom stereocenters. The quantitative estimate of drug-likeness (QED) is 0.667. The second-order valence-electron chi connectivity index (χ2n) is 2.93. The normalized spacial score (nSPS) is 10.0. The van der Waals surface area contributed by atoms with Crippen molar-refractivity contribution in [1.82, 2.24) is 9.55 Å². The molecule has 0 radical (unpaired) electrons. The molecule has 2 rings (SSSR count). The summed E-state index contributed by atoms with van der Waals surface area (Å²) in [6, 6.07) is 5.73. The molecule has 2 aromatic rings. The first-order chi connectivity index (χ1) is 6.85. The van der Waals surface area contributed by atoms with Crippen LogP contribution >= 0.6 is 0 Å². The van der Waals surface area contributed by atoms with Crippen molar-refractivity contribution in [3.63, 3.8) is 0 Å². The van der Waals surface area contributed by atoms with Crippen molar-refractivity contribution in [1.29, 1.82) is 0 Å². The number of terminal acetylenes is 1. The maximum atomic E-state index is 5.25. The lowest BCUT2D eigenvalue weighted by molar-refractivity contribution is 0.415. The van der Waals surface area contributed by atoms with Crippen LogP contribution in [0.2, 0.25) is 0 Å². The highest BCUT2D eigenvalue weighted by Gasteiger charge is 2.02. The fourth-order valence-corrected chi connectivity index (χ4v) is 1.39. The highest BCUT2D eigenvalue weighted by molar-refractivity contribution is 5.77. The van der Waals surface area contributed by atoms with E-state index in [0.717, 1.165) is 16.8 Å². The summed E-state index contributed by atoms with van der Waals surface area (Å²) in [5.41, 5.74) is 1.93. The van der Waals surface area contributed by atoms with Gasteiger partial charge in [0.25, 0.3) is 0 Å². The van der Waals surface area contributed by atoms with Gasteiger partial charge in [-0.3, -0.25) is 0 Å². The van der Waals surface area contributed by atoms with Gasteiger partial charge in [0.2, 0.25) is 0 Å². The van der Waals surface area contributed by atoms with Gasteiger partial charge in [-0.05, 0) is 12.1 Å². The minimum Gasteiger partial charge on any atom is -0.497 e. The van der Waals surface area contributed by atoms with E-state index in [4.69, 9.17) is 11.2 Å². The fraction of sp³-hybridized carbons (Fsp3) is 0.182. The number of imidazole rings is 1. The number of benzene rings is 1. The zero-order valence-corrected chi connectivity index (χ0v) is 7.90. The van der Waals surface area contributed by atoms with Gasteiger partial charge in [0.15, 0.2) is 0 Å². The lowest BCUT2D eigenvalue weighted by Gasteiger charge is -2.01. The summed E-state index contributed by atoms with van der Waals surface area (Å²) in [7, 11) is 1.64. The zero-order chi connectivity index (χ0) is 9.97. The number of hydrogen-bond acceptors (Lipinski definition) is 2. The molecule has 0 saturated carbocycles. The van der Waals surface area contributed by atoms with E-state index in [0.29, 0.717) is 6.54 Å². The third-order valence-corrected chi connectivity index (χ3v) is 2.09. The second kappa shape index (κ2) is 3.43. The van der Waals surface area contributed by atoms with E-state index < -0.39 is 0 Å². The van der Waals surface area contributed by atoms with Gasteiger partial charge >= 0.3 is 0 Å². The van der Waals surface area contributed by atoms with Gasteiger partial charge in [-0.15, -0.1) is 6.42 Å². The molecule has 3 nitrogen and oxygen atoms in total. The fourth-order valence-electron chi connectivity index (χ4n) is 1.39. The highest BCUT2D eigenvalue weighted by atomic mass is 16.5. The largest absolute Gasteiger partial charge is 0.497 e. The van der Waals surface area contributed by atoms with Crippen LogP contribution < -0.4 is 4.74 Å². The molecular weight excluding hydrogens is 176 g/mol. The summed E-state index contributed by atoms with van der Waals surface area (Å²) in [4.78, 5) is 4.22. The predicted octanol–water partition coefficient (Wildman–Crippen LogP) is 1.68. The summed E-state index contributed by atoms with van der Waals surface area (Å²) in [5, 5.41) is 0. The van der Waals surface area contributed by atoms with Crippen molar-refractivity contribution in [3.8, 4) is 18.1 Å². The number of hydrogen-bond donors (Lipinski definition) is 0. The van der Waals surface area contributed by atoms with E-state index in [9.17, 15) is 0 Å². The van der Waals surface area contributed by atoms with Crippen LogP contribution in [0.1, 0.15) is 0 Å². The summed E-state index contributed by atoms with van der Waals surface area (Å²) in [6.45, 7) is 0.531. The monoisotopic (exact) mass is 186 g/mol. The van der Waals surface area contributed by atoms with Crippen LogP contribution in [0.25, 0.3) is 11.0 Å². The highest BCUT2D eigenvalue weighted by Crippen LogP contribution is 2.19. The molecule has 0 atom stereocenters. The summed E-state index contributed by atoms with van der Waals surface area (Å²) < 4.78 is 7.05. The third kappa shape index (κ3) is 1.31. The molecule has 0 N–H and O–H groups in total. The number of rotatable bonds is 2. The van der Waals surface area contributed by atoms with Crippen molar-refractivity contribution >= 4 is 11.0 Å². The van der Waals surface area contributed by atoms with E-state index in [1.165, 1.54) is 0 Å². The van der Waals surface area contributed by atoms with Crippen molar-refractivity contribution in [2.24, 2.45) is 0 Å². The maximum absolute atomic E-state index is 5.25. The van der Waals surface area contributed by atoms with E-state index in [1.807, 2.05) is 22.8 Å². The summed E-state index contributed by atoms with van der Waals surface area (Å²) in [5.74, 6) is 3.40. The van der Waals surface area contributed by atoms with Gasteiger partial charge in [-0.1, -0.05) is 5.92 Å². The molecule has 0 aliphatic rings. The van der Waals surface area contributed by atoms with Crippen molar-refractivity contribution in [2.45, 2.75) is 6.54 Å². The average molecular weight is 186 g/mol. The standard InChI is InChI=1S/C11H10N2O/c1-3-6-13-8-12-10-5-4-9(14-2)7-11(10)13/h1,4-5,7-8H,6H2,2H3. The zero-order valence-electron chi connectivity index (χ0n) is 7.90. The third-order valence-electron chi connectivity index (χ3n) is 2.09. The van der Waals surface area contributed by atoms with Gasteiger partial charge in [0.05, 0.1) is 31.0 Å². The molecule has 1 aromatic carbocycles. The van der Waals surface area contributed by atoms with E-state index in [-0.39, 0.29) is 0 Å². The molecule has 0 fully saturated rings. The van der Waals surface area contributed by atoms with Crippen LogP contribution in [-0.2, 0) is 6.54 Å². The van der Waals surface area contributed by atoms with Gasteiger partial charge in [0.1, 0.15) is 5.75 Å². The Kier molecular flexibility index (Phi) is 2.11. The minimum atomic E-state index is 0.531. The molecule has 70 valence electrons. The smallest absolute Gasteiger partial charge is 0.121 e. The molecule has 0 saturated heterocycles. The Hall–Kier alpha value is -1.95. The number of aromatic nitrogens is 2. The van der Waals surface area contributed by atoms with Crippen molar-refractivity contribution in [3.05, 3.63) is 24.5 Å². The van der Waals surface area contributed by atoms with E-state index in [1.54, 1.807) is 13.4 Å². The van der Waals surface area contributed by atoms with E-state index >= 15 is 0 Å². The SMILES string of the molecule is C#CCn1cnc2ccc(OC)cc21. The minimum absolute atomic E-state index is 0.531. The number of nitrogens with zero attached hydrogens (tertiary/aromatic N) is 2. The lowest BCUT2D eigenvalue weighted by Crippen LogP contribution is -1.92. The average Bonchev–Trinajstić information content (AvgIpc) is 2.61. The molecule has 0 aliphatic heterocycles. The van der Waals surface area contributed by atoms with Crippen LogP contribution in [0, 0.1) is 12.3 Å². The van der Waals surface area contributed by atoms with Crippen LogP contribution in [0.3, 0.4) is 0 Å². The molecule has 0 bridgehead atoms.